The van der Waals surface area contributed by atoms with Crippen molar-refractivity contribution < 1.29 is 13.6 Å². The van der Waals surface area contributed by atoms with E-state index < -0.39 is 17.5 Å². The van der Waals surface area contributed by atoms with Crippen molar-refractivity contribution in [2.45, 2.75) is 19.4 Å². The Hall–Kier alpha value is -1.49. The molecular weight excluding hydrogens is 238 g/mol. The summed E-state index contributed by atoms with van der Waals surface area (Å²) < 4.78 is 26.2. The summed E-state index contributed by atoms with van der Waals surface area (Å²) in [5.74, 6) is -1.66. The van der Waals surface area contributed by atoms with Crippen LogP contribution in [0.3, 0.4) is 0 Å². The molecule has 3 nitrogen and oxygen atoms in total. The summed E-state index contributed by atoms with van der Waals surface area (Å²) in [4.78, 5) is 11.9. The molecule has 1 aromatic carbocycles. The SMILES string of the molecule is CC1CCNCC1NC(=O)c1ccc(F)cc1F. The standard InChI is InChI=1S/C13H16F2N2O/c1-8-4-5-16-7-12(8)17-13(18)10-3-2-9(14)6-11(10)15/h2-3,6,8,12,16H,4-5,7H2,1H3,(H,17,18). The maximum atomic E-state index is 13.4. The molecule has 0 aliphatic carbocycles. The average Bonchev–Trinajstić information content (AvgIpc) is 2.32. The second-order valence-corrected chi connectivity index (χ2v) is 4.67. The zero-order chi connectivity index (χ0) is 13.1. The topological polar surface area (TPSA) is 41.1 Å². The van der Waals surface area contributed by atoms with Crippen molar-refractivity contribution in [3.63, 3.8) is 0 Å². The van der Waals surface area contributed by atoms with Gasteiger partial charge in [0.25, 0.3) is 5.91 Å². The molecule has 2 rings (SSSR count). The number of hydrogen-bond donors (Lipinski definition) is 2. The van der Waals surface area contributed by atoms with Gasteiger partial charge in [0.1, 0.15) is 11.6 Å². The first kappa shape index (κ1) is 13.0. The minimum absolute atomic E-state index is 0.0179. The summed E-state index contributed by atoms with van der Waals surface area (Å²) in [5.41, 5.74) is -0.117. The number of rotatable bonds is 2. The molecule has 1 heterocycles. The molecule has 2 unspecified atom stereocenters. The number of benzene rings is 1. The summed E-state index contributed by atoms with van der Waals surface area (Å²) in [6.45, 7) is 3.65. The van der Waals surface area contributed by atoms with Gasteiger partial charge in [-0.3, -0.25) is 4.79 Å². The average molecular weight is 254 g/mol. The Balaban J connectivity index is 2.07. The van der Waals surface area contributed by atoms with Crippen molar-refractivity contribution in [2.75, 3.05) is 13.1 Å². The second kappa shape index (κ2) is 5.44. The first-order valence-corrected chi connectivity index (χ1v) is 6.04. The molecule has 2 atom stereocenters. The van der Waals surface area contributed by atoms with Gasteiger partial charge in [-0.2, -0.15) is 0 Å². The van der Waals surface area contributed by atoms with E-state index >= 15 is 0 Å². The Morgan fingerprint density at radius 3 is 2.89 bits per heavy atom. The zero-order valence-electron chi connectivity index (χ0n) is 10.2. The number of halogens is 2. The Bertz CT molecular complexity index is 451. The van der Waals surface area contributed by atoms with Gasteiger partial charge >= 0.3 is 0 Å². The van der Waals surface area contributed by atoms with E-state index in [4.69, 9.17) is 0 Å². The molecule has 98 valence electrons. The van der Waals surface area contributed by atoms with Gasteiger partial charge in [-0.15, -0.1) is 0 Å². The number of piperidine rings is 1. The molecule has 1 saturated heterocycles. The van der Waals surface area contributed by atoms with Crippen molar-refractivity contribution in [3.05, 3.63) is 35.4 Å². The van der Waals surface area contributed by atoms with Crippen molar-refractivity contribution in [3.8, 4) is 0 Å². The van der Waals surface area contributed by atoms with Crippen LogP contribution < -0.4 is 10.6 Å². The molecule has 1 aliphatic rings. The minimum Gasteiger partial charge on any atom is -0.348 e. The third-order valence-electron chi connectivity index (χ3n) is 3.32. The first-order chi connectivity index (χ1) is 8.58. The predicted molar refractivity (Wildman–Crippen MR) is 64.3 cm³/mol. The van der Waals surface area contributed by atoms with Gasteiger partial charge in [0.05, 0.1) is 5.56 Å². The lowest BCUT2D eigenvalue weighted by molar-refractivity contribution is 0.0911. The predicted octanol–water partition coefficient (Wildman–Crippen LogP) is 1.69. The summed E-state index contributed by atoms with van der Waals surface area (Å²) in [5, 5.41) is 5.96. The van der Waals surface area contributed by atoms with E-state index in [0.29, 0.717) is 12.5 Å². The lowest BCUT2D eigenvalue weighted by Crippen LogP contribution is -2.50. The highest BCUT2D eigenvalue weighted by Gasteiger charge is 2.24. The van der Waals surface area contributed by atoms with Crippen LogP contribution in [0.2, 0.25) is 0 Å². The fraction of sp³-hybridized carbons (Fsp3) is 0.462. The fourth-order valence-electron chi connectivity index (χ4n) is 2.10. The Labute approximate surface area is 105 Å². The van der Waals surface area contributed by atoms with Crippen molar-refractivity contribution in [1.82, 2.24) is 10.6 Å². The highest BCUT2D eigenvalue weighted by atomic mass is 19.1. The largest absolute Gasteiger partial charge is 0.348 e. The molecule has 18 heavy (non-hydrogen) atoms. The number of carbonyl (C=O) groups excluding carboxylic acids is 1. The van der Waals surface area contributed by atoms with Gasteiger partial charge in [-0.25, -0.2) is 8.78 Å². The molecule has 0 bridgehead atoms. The van der Waals surface area contributed by atoms with Crippen molar-refractivity contribution >= 4 is 5.91 Å². The van der Waals surface area contributed by atoms with Gasteiger partial charge < -0.3 is 10.6 Å². The third kappa shape index (κ3) is 2.85. The fourth-order valence-corrected chi connectivity index (χ4v) is 2.10. The number of nitrogens with one attached hydrogen (secondary N) is 2. The minimum atomic E-state index is -0.830. The molecule has 1 fully saturated rings. The Morgan fingerprint density at radius 1 is 1.44 bits per heavy atom. The molecule has 0 radical (unpaired) electrons. The summed E-state index contributed by atoms with van der Waals surface area (Å²) in [6, 6.07) is 2.95. The number of amides is 1. The molecular formula is C13H16F2N2O. The number of carbonyl (C=O) groups is 1. The van der Waals surface area contributed by atoms with Gasteiger partial charge in [-0.05, 0) is 31.0 Å². The second-order valence-electron chi connectivity index (χ2n) is 4.67. The summed E-state index contributed by atoms with van der Waals surface area (Å²) >= 11 is 0. The highest BCUT2D eigenvalue weighted by molar-refractivity contribution is 5.94. The molecule has 0 saturated carbocycles. The van der Waals surface area contributed by atoms with Crippen LogP contribution in [0.25, 0.3) is 0 Å². The van der Waals surface area contributed by atoms with Gasteiger partial charge in [0.2, 0.25) is 0 Å². The van der Waals surface area contributed by atoms with E-state index in [2.05, 4.69) is 10.6 Å². The van der Waals surface area contributed by atoms with Crippen LogP contribution in [0.15, 0.2) is 18.2 Å². The van der Waals surface area contributed by atoms with E-state index in [0.717, 1.165) is 25.1 Å². The van der Waals surface area contributed by atoms with E-state index in [-0.39, 0.29) is 11.6 Å². The first-order valence-electron chi connectivity index (χ1n) is 6.04. The maximum Gasteiger partial charge on any atom is 0.254 e. The lowest BCUT2D eigenvalue weighted by Gasteiger charge is -2.30. The lowest BCUT2D eigenvalue weighted by atomic mass is 9.94. The molecule has 0 aromatic heterocycles. The smallest absolute Gasteiger partial charge is 0.254 e. The zero-order valence-corrected chi connectivity index (χ0v) is 10.2. The van der Waals surface area contributed by atoms with Crippen molar-refractivity contribution in [2.24, 2.45) is 5.92 Å². The third-order valence-corrected chi connectivity index (χ3v) is 3.32. The van der Waals surface area contributed by atoms with Crippen LogP contribution in [0, 0.1) is 17.6 Å². The van der Waals surface area contributed by atoms with Gasteiger partial charge in [0, 0.05) is 18.7 Å². The molecule has 5 heteroatoms. The van der Waals surface area contributed by atoms with Crippen LogP contribution in [0.1, 0.15) is 23.7 Å². The highest BCUT2D eigenvalue weighted by Crippen LogP contribution is 2.14. The van der Waals surface area contributed by atoms with Crippen LogP contribution >= 0.6 is 0 Å². The monoisotopic (exact) mass is 254 g/mol. The van der Waals surface area contributed by atoms with Crippen LogP contribution in [-0.4, -0.2) is 25.0 Å². The van der Waals surface area contributed by atoms with Gasteiger partial charge in [-0.1, -0.05) is 6.92 Å². The quantitative estimate of drug-likeness (QED) is 0.843. The Morgan fingerprint density at radius 2 is 2.22 bits per heavy atom. The van der Waals surface area contributed by atoms with E-state index in [1.165, 1.54) is 6.07 Å². The van der Waals surface area contributed by atoms with E-state index in [9.17, 15) is 13.6 Å². The van der Waals surface area contributed by atoms with Crippen molar-refractivity contribution in [1.29, 1.82) is 0 Å². The van der Waals surface area contributed by atoms with E-state index in [1.807, 2.05) is 6.92 Å². The molecule has 2 N–H and O–H groups in total. The molecule has 1 amide bonds. The molecule has 0 spiro atoms. The number of hydrogen-bond acceptors (Lipinski definition) is 2. The Kier molecular flexibility index (Phi) is 3.91. The molecule has 1 aliphatic heterocycles. The van der Waals surface area contributed by atoms with Gasteiger partial charge in [0.15, 0.2) is 0 Å². The molecule has 1 aromatic rings. The van der Waals surface area contributed by atoms with Crippen LogP contribution in [-0.2, 0) is 0 Å². The summed E-state index contributed by atoms with van der Waals surface area (Å²) in [6.07, 6.45) is 0.969. The van der Waals surface area contributed by atoms with E-state index in [1.54, 1.807) is 0 Å². The normalized spacial score (nSPS) is 23.7. The summed E-state index contributed by atoms with van der Waals surface area (Å²) in [7, 11) is 0. The maximum absolute atomic E-state index is 13.4. The van der Waals surface area contributed by atoms with Crippen LogP contribution in [0.5, 0.6) is 0 Å². The van der Waals surface area contributed by atoms with Crippen LogP contribution in [0.4, 0.5) is 8.78 Å².